The van der Waals surface area contributed by atoms with Crippen molar-refractivity contribution in [2.75, 3.05) is 7.11 Å². The fourth-order valence-electron chi connectivity index (χ4n) is 3.78. The molecule has 1 aliphatic rings. The van der Waals surface area contributed by atoms with Crippen LogP contribution in [0.2, 0.25) is 0 Å². The Labute approximate surface area is 169 Å². The van der Waals surface area contributed by atoms with E-state index in [2.05, 4.69) is 0 Å². The molecule has 1 aromatic heterocycles. The Hall–Kier alpha value is -3.21. The molecule has 0 spiro atoms. The quantitative estimate of drug-likeness (QED) is 0.466. The first kappa shape index (κ1) is 19.1. The topological polar surface area (TPSA) is 65.5 Å². The van der Waals surface area contributed by atoms with Crippen LogP contribution in [0.4, 0.5) is 0 Å². The second-order valence-corrected chi connectivity index (χ2v) is 8.06. The number of aromatic nitrogens is 1. The van der Waals surface area contributed by atoms with Gasteiger partial charge in [0.1, 0.15) is 11.5 Å². The first-order chi connectivity index (χ1) is 13.8. The molecule has 0 bridgehead atoms. The lowest BCUT2D eigenvalue weighted by Gasteiger charge is -2.29. The molecule has 29 heavy (non-hydrogen) atoms. The lowest BCUT2D eigenvalue weighted by atomic mass is 9.75. The third-order valence-electron chi connectivity index (χ3n) is 5.50. The second-order valence-electron chi connectivity index (χ2n) is 8.06. The molecule has 3 aromatic rings. The number of hydrogen-bond donors (Lipinski definition) is 0. The third-order valence-corrected chi connectivity index (χ3v) is 5.50. The standard InChI is InChI=1S/C24H23NO4/c1-14(26)29-22-13-16-11-17(28-4)6-5-15(16)12-19(22)20-8-7-18-21(25-20)9-10-24(2,3)23(18)27/h5-8,11-13H,9-10H2,1-4H3. The minimum absolute atomic E-state index is 0.128. The minimum Gasteiger partial charge on any atom is -0.497 e. The van der Waals surface area contributed by atoms with E-state index in [9.17, 15) is 9.59 Å². The summed E-state index contributed by atoms with van der Waals surface area (Å²) in [6.07, 6.45) is 1.51. The van der Waals surface area contributed by atoms with Crippen LogP contribution in [0.15, 0.2) is 42.5 Å². The Balaban J connectivity index is 1.86. The Kier molecular flexibility index (Phi) is 4.61. The number of esters is 1. The van der Waals surface area contributed by atoms with Crippen molar-refractivity contribution in [3.05, 3.63) is 53.7 Å². The van der Waals surface area contributed by atoms with Crippen LogP contribution in [0.5, 0.6) is 11.5 Å². The summed E-state index contributed by atoms with van der Waals surface area (Å²) in [5.74, 6) is 0.896. The van der Waals surface area contributed by atoms with E-state index in [0.717, 1.165) is 40.6 Å². The van der Waals surface area contributed by atoms with Crippen molar-refractivity contribution in [3.8, 4) is 22.8 Å². The minimum atomic E-state index is -0.400. The van der Waals surface area contributed by atoms with Gasteiger partial charge in [-0.15, -0.1) is 0 Å². The van der Waals surface area contributed by atoms with E-state index >= 15 is 0 Å². The van der Waals surface area contributed by atoms with Gasteiger partial charge in [0, 0.05) is 23.5 Å². The molecule has 148 valence electrons. The monoisotopic (exact) mass is 389 g/mol. The van der Waals surface area contributed by atoms with Crippen LogP contribution in [0.25, 0.3) is 22.0 Å². The molecule has 1 aliphatic carbocycles. The summed E-state index contributed by atoms with van der Waals surface area (Å²) in [6, 6.07) is 13.2. The average Bonchev–Trinajstić information content (AvgIpc) is 2.69. The summed E-state index contributed by atoms with van der Waals surface area (Å²) in [5.41, 5.74) is 2.53. The van der Waals surface area contributed by atoms with Crippen molar-refractivity contribution in [1.29, 1.82) is 0 Å². The molecule has 5 nitrogen and oxygen atoms in total. The van der Waals surface area contributed by atoms with Crippen LogP contribution < -0.4 is 9.47 Å². The maximum absolute atomic E-state index is 12.7. The SMILES string of the molecule is COc1ccc2cc(-c3ccc4c(n3)CCC(C)(C)C4=O)c(OC(C)=O)cc2c1. The van der Waals surface area contributed by atoms with Gasteiger partial charge in [0.2, 0.25) is 0 Å². The van der Waals surface area contributed by atoms with E-state index in [1.54, 1.807) is 7.11 Å². The van der Waals surface area contributed by atoms with Gasteiger partial charge in [0.25, 0.3) is 0 Å². The Morgan fingerprint density at radius 1 is 1.03 bits per heavy atom. The van der Waals surface area contributed by atoms with Crippen molar-refractivity contribution >= 4 is 22.5 Å². The molecule has 0 saturated carbocycles. The number of benzene rings is 2. The highest BCUT2D eigenvalue weighted by Gasteiger charge is 2.35. The predicted molar refractivity (Wildman–Crippen MR) is 111 cm³/mol. The van der Waals surface area contributed by atoms with Crippen LogP contribution >= 0.6 is 0 Å². The summed E-state index contributed by atoms with van der Waals surface area (Å²) in [4.78, 5) is 29.2. The average molecular weight is 389 g/mol. The zero-order valence-corrected chi connectivity index (χ0v) is 17.0. The number of ether oxygens (including phenoxy) is 2. The number of fused-ring (bicyclic) bond motifs is 2. The van der Waals surface area contributed by atoms with Gasteiger partial charge >= 0.3 is 5.97 Å². The highest BCUT2D eigenvalue weighted by atomic mass is 16.5. The number of aryl methyl sites for hydroxylation is 1. The van der Waals surface area contributed by atoms with Gasteiger partial charge < -0.3 is 9.47 Å². The first-order valence-electron chi connectivity index (χ1n) is 9.64. The van der Waals surface area contributed by atoms with Crippen molar-refractivity contribution in [3.63, 3.8) is 0 Å². The molecule has 0 radical (unpaired) electrons. The Morgan fingerprint density at radius 2 is 1.83 bits per heavy atom. The zero-order chi connectivity index (χ0) is 20.8. The maximum atomic E-state index is 12.7. The molecule has 0 unspecified atom stereocenters. The third kappa shape index (κ3) is 3.48. The molecule has 0 atom stereocenters. The highest BCUT2D eigenvalue weighted by molar-refractivity contribution is 6.02. The molecule has 1 heterocycles. The molecule has 0 N–H and O–H groups in total. The molecule has 0 saturated heterocycles. The van der Waals surface area contributed by atoms with Crippen LogP contribution in [0, 0.1) is 5.41 Å². The molecular formula is C24H23NO4. The zero-order valence-electron chi connectivity index (χ0n) is 17.0. The fourth-order valence-corrected chi connectivity index (χ4v) is 3.78. The summed E-state index contributed by atoms with van der Waals surface area (Å²) in [7, 11) is 1.61. The lowest BCUT2D eigenvalue weighted by molar-refractivity contribution is -0.131. The Bertz CT molecular complexity index is 1150. The number of hydrogen-bond acceptors (Lipinski definition) is 5. The number of Topliss-reactive ketones (excluding diaryl/α,β-unsaturated/α-hetero) is 1. The molecular weight excluding hydrogens is 366 g/mol. The number of nitrogens with zero attached hydrogens (tertiary/aromatic N) is 1. The number of methoxy groups -OCH3 is 1. The molecule has 0 aliphatic heterocycles. The normalized spacial score (nSPS) is 15.1. The maximum Gasteiger partial charge on any atom is 0.308 e. The van der Waals surface area contributed by atoms with Crippen LogP contribution in [-0.4, -0.2) is 23.8 Å². The van der Waals surface area contributed by atoms with Crippen molar-refractivity contribution in [1.82, 2.24) is 4.98 Å². The van der Waals surface area contributed by atoms with E-state index in [-0.39, 0.29) is 11.2 Å². The van der Waals surface area contributed by atoms with E-state index in [0.29, 0.717) is 17.0 Å². The van der Waals surface area contributed by atoms with Gasteiger partial charge in [0.05, 0.1) is 18.5 Å². The number of carbonyl (C=O) groups is 2. The second kappa shape index (κ2) is 6.99. The summed E-state index contributed by atoms with van der Waals surface area (Å²) < 4.78 is 10.8. The van der Waals surface area contributed by atoms with Gasteiger partial charge in [-0.25, -0.2) is 0 Å². The van der Waals surface area contributed by atoms with Gasteiger partial charge in [-0.3, -0.25) is 14.6 Å². The van der Waals surface area contributed by atoms with E-state index in [1.807, 2.05) is 56.3 Å². The number of pyridine rings is 1. The predicted octanol–water partition coefficient (Wildman–Crippen LogP) is 4.99. The molecule has 2 aromatic carbocycles. The first-order valence-corrected chi connectivity index (χ1v) is 9.64. The smallest absolute Gasteiger partial charge is 0.308 e. The van der Waals surface area contributed by atoms with Crippen molar-refractivity contribution in [2.24, 2.45) is 5.41 Å². The number of carbonyl (C=O) groups excluding carboxylic acids is 2. The summed E-state index contributed by atoms with van der Waals surface area (Å²) in [5, 5.41) is 1.88. The molecule has 0 fully saturated rings. The summed E-state index contributed by atoms with van der Waals surface area (Å²) >= 11 is 0. The van der Waals surface area contributed by atoms with Gasteiger partial charge in [0.15, 0.2) is 5.78 Å². The van der Waals surface area contributed by atoms with Gasteiger partial charge in [-0.1, -0.05) is 19.9 Å². The van der Waals surface area contributed by atoms with Crippen LogP contribution in [-0.2, 0) is 11.2 Å². The largest absolute Gasteiger partial charge is 0.497 e. The van der Waals surface area contributed by atoms with Gasteiger partial charge in [-0.05, 0) is 60.0 Å². The van der Waals surface area contributed by atoms with Crippen molar-refractivity contribution < 1.29 is 19.1 Å². The van der Waals surface area contributed by atoms with E-state index in [4.69, 9.17) is 14.5 Å². The molecule has 0 amide bonds. The highest BCUT2D eigenvalue weighted by Crippen LogP contribution is 2.38. The van der Waals surface area contributed by atoms with Crippen molar-refractivity contribution in [2.45, 2.75) is 33.6 Å². The molecule has 5 heteroatoms. The summed E-state index contributed by atoms with van der Waals surface area (Å²) in [6.45, 7) is 5.33. The van der Waals surface area contributed by atoms with E-state index in [1.165, 1.54) is 6.92 Å². The number of ketones is 1. The molecule has 4 rings (SSSR count). The Morgan fingerprint density at radius 3 is 2.55 bits per heavy atom. The lowest BCUT2D eigenvalue weighted by Crippen LogP contribution is -2.31. The number of rotatable bonds is 3. The van der Waals surface area contributed by atoms with Crippen LogP contribution in [0.1, 0.15) is 43.2 Å². The van der Waals surface area contributed by atoms with Crippen LogP contribution in [0.3, 0.4) is 0 Å². The van der Waals surface area contributed by atoms with E-state index < -0.39 is 5.97 Å². The van der Waals surface area contributed by atoms with Gasteiger partial charge in [-0.2, -0.15) is 0 Å². The fraction of sp³-hybridized carbons (Fsp3) is 0.292.